The molecule has 1 unspecified atom stereocenters. The van der Waals surface area contributed by atoms with Crippen LogP contribution >= 0.6 is 0 Å². The zero-order valence-electron chi connectivity index (χ0n) is 11.8. The second-order valence-corrected chi connectivity index (χ2v) is 7.31. The Morgan fingerprint density at radius 3 is 2.71 bits per heavy atom. The van der Waals surface area contributed by atoms with Crippen molar-refractivity contribution >= 4 is 15.9 Å². The van der Waals surface area contributed by atoms with E-state index in [4.69, 9.17) is 10.5 Å². The minimum Gasteiger partial charge on any atom is -0.377 e. The lowest BCUT2D eigenvalue weighted by molar-refractivity contribution is 0.0136. The van der Waals surface area contributed by atoms with E-state index < -0.39 is 15.9 Å². The molecule has 1 aromatic carbocycles. The standard InChI is InChI=1S/C14H20N2O4S/c15-14(17)16-7-8-20-10-13(16)6-9-21(18,19)11-12-4-2-1-3-5-12/h1-5,13H,6-11H2,(H2,15,17). The minimum atomic E-state index is -3.22. The molecule has 1 aromatic rings. The van der Waals surface area contributed by atoms with Crippen molar-refractivity contribution < 1.29 is 17.9 Å². The number of amides is 2. The Labute approximate surface area is 124 Å². The number of hydrogen-bond acceptors (Lipinski definition) is 4. The fraction of sp³-hybridized carbons (Fsp3) is 0.500. The van der Waals surface area contributed by atoms with Gasteiger partial charge in [-0.2, -0.15) is 0 Å². The van der Waals surface area contributed by atoms with E-state index in [9.17, 15) is 13.2 Å². The maximum absolute atomic E-state index is 12.1. The van der Waals surface area contributed by atoms with Gasteiger partial charge < -0.3 is 15.4 Å². The van der Waals surface area contributed by atoms with Crippen LogP contribution in [-0.4, -0.2) is 50.9 Å². The van der Waals surface area contributed by atoms with Crippen LogP contribution in [0.15, 0.2) is 30.3 Å². The summed E-state index contributed by atoms with van der Waals surface area (Å²) in [5.74, 6) is 0.0255. The first-order valence-electron chi connectivity index (χ1n) is 6.86. The van der Waals surface area contributed by atoms with Gasteiger partial charge in [0.25, 0.3) is 0 Å². The highest BCUT2D eigenvalue weighted by atomic mass is 32.2. The van der Waals surface area contributed by atoms with Gasteiger partial charge in [0.1, 0.15) is 0 Å². The molecule has 1 aliphatic heterocycles. The molecule has 1 saturated heterocycles. The monoisotopic (exact) mass is 312 g/mol. The summed E-state index contributed by atoms with van der Waals surface area (Å²) >= 11 is 0. The van der Waals surface area contributed by atoms with Crippen LogP contribution in [0.5, 0.6) is 0 Å². The molecule has 2 rings (SSSR count). The number of morpholine rings is 1. The number of sulfone groups is 1. The van der Waals surface area contributed by atoms with Crippen molar-refractivity contribution in [2.75, 3.05) is 25.5 Å². The van der Waals surface area contributed by atoms with Crippen molar-refractivity contribution in [2.24, 2.45) is 5.73 Å². The van der Waals surface area contributed by atoms with E-state index in [1.807, 2.05) is 18.2 Å². The number of rotatable bonds is 5. The first-order chi connectivity index (χ1) is 9.98. The highest BCUT2D eigenvalue weighted by molar-refractivity contribution is 7.90. The number of ether oxygens (including phenoxy) is 1. The second kappa shape index (κ2) is 6.91. The van der Waals surface area contributed by atoms with E-state index in [1.54, 1.807) is 12.1 Å². The smallest absolute Gasteiger partial charge is 0.315 e. The van der Waals surface area contributed by atoms with Crippen LogP contribution < -0.4 is 5.73 Å². The van der Waals surface area contributed by atoms with Crippen molar-refractivity contribution in [2.45, 2.75) is 18.2 Å². The molecule has 0 aromatic heterocycles. The molecule has 2 amide bonds. The van der Waals surface area contributed by atoms with Gasteiger partial charge in [0.15, 0.2) is 9.84 Å². The molecule has 0 spiro atoms. The third kappa shape index (κ3) is 4.71. The number of nitrogens with zero attached hydrogens (tertiary/aromatic N) is 1. The Hall–Kier alpha value is -1.60. The molecule has 0 saturated carbocycles. The lowest BCUT2D eigenvalue weighted by atomic mass is 10.2. The Kier molecular flexibility index (Phi) is 5.19. The summed E-state index contributed by atoms with van der Waals surface area (Å²) in [7, 11) is -3.22. The molecule has 6 nitrogen and oxygen atoms in total. The van der Waals surface area contributed by atoms with Crippen LogP contribution in [0.3, 0.4) is 0 Å². The lowest BCUT2D eigenvalue weighted by Crippen LogP contribution is -2.51. The number of nitrogens with two attached hydrogens (primary N) is 1. The molecule has 1 fully saturated rings. The maximum Gasteiger partial charge on any atom is 0.315 e. The third-order valence-electron chi connectivity index (χ3n) is 3.50. The summed E-state index contributed by atoms with van der Waals surface area (Å²) in [5, 5.41) is 0. The molecule has 1 heterocycles. The highest BCUT2D eigenvalue weighted by Gasteiger charge is 2.27. The van der Waals surface area contributed by atoms with E-state index in [0.717, 1.165) is 5.56 Å². The van der Waals surface area contributed by atoms with Crippen LogP contribution in [-0.2, 0) is 20.3 Å². The second-order valence-electron chi connectivity index (χ2n) is 5.13. The van der Waals surface area contributed by atoms with Crippen molar-refractivity contribution in [1.82, 2.24) is 4.90 Å². The van der Waals surface area contributed by atoms with Gasteiger partial charge in [-0.05, 0) is 12.0 Å². The molecule has 0 radical (unpaired) electrons. The zero-order valence-corrected chi connectivity index (χ0v) is 12.6. The fourth-order valence-corrected chi connectivity index (χ4v) is 3.88. The zero-order chi connectivity index (χ0) is 15.3. The number of benzene rings is 1. The molecule has 21 heavy (non-hydrogen) atoms. The van der Waals surface area contributed by atoms with Gasteiger partial charge in [0.05, 0.1) is 30.8 Å². The largest absolute Gasteiger partial charge is 0.377 e. The lowest BCUT2D eigenvalue weighted by Gasteiger charge is -2.34. The van der Waals surface area contributed by atoms with Crippen molar-refractivity contribution in [1.29, 1.82) is 0 Å². The first-order valence-corrected chi connectivity index (χ1v) is 8.68. The number of urea groups is 1. The first kappa shape index (κ1) is 15.8. The van der Waals surface area contributed by atoms with E-state index in [2.05, 4.69) is 0 Å². The van der Waals surface area contributed by atoms with Crippen LogP contribution in [0.1, 0.15) is 12.0 Å². The Morgan fingerprint density at radius 2 is 2.05 bits per heavy atom. The number of carbonyl (C=O) groups excluding carboxylic acids is 1. The minimum absolute atomic E-state index is 0.0119. The van der Waals surface area contributed by atoms with E-state index in [1.165, 1.54) is 4.90 Å². The van der Waals surface area contributed by atoms with E-state index >= 15 is 0 Å². The average Bonchev–Trinajstić information content (AvgIpc) is 2.46. The van der Waals surface area contributed by atoms with Gasteiger partial charge in [0.2, 0.25) is 0 Å². The summed E-state index contributed by atoms with van der Waals surface area (Å²) in [6, 6.07) is 8.27. The van der Waals surface area contributed by atoms with Gasteiger partial charge in [-0.15, -0.1) is 0 Å². The predicted molar refractivity (Wildman–Crippen MR) is 79.4 cm³/mol. The van der Waals surface area contributed by atoms with Crippen LogP contribution in [0.25, 0.3) is 0 Å². The molecular formula is C14H20N2O4S. The molecule has 116 valence electrons. The van der Waals surface area contributed by atoms with E-state index in [0.29, 0.717) is 26.2 Å². The molecule has 0 bridgehead atoms. The van der Waals surface area contributed by atoms with Crippen molar-refractivity contribution in [3.05, 3.63) is 35.9 Å². The van der Waals surface area contributed by atoms with E-state index in [-0.39, 0.29) is 17.5 Å². The van der Waals surface area contributed by atoms with Crippen LogP contribution in [0, 0.1) is 0 Å². The summed E-state index contributed by atoms with van der Waals surface area (Å²) in [6.45, 7) is 1.19. The average molecular weight is 312 g/mol. The normalized spacial score (nSPS) is 19.4. The molecule has 0 aliphatic carbocycles. The Morgan fingerprint density at radius 1 is 1.33 bits per heavy atom. The molecule has 2 N–H and O–H groups in total. The van der Waals surface area contributed by atoms with Gasteiger partial charge >= 0.3 is 6.03 Å². The summed E-state index contributed by atoms with van der Waals surface area (Å²) in [4.78, 5) is 12.8. The third-order valence-corrected chi connectivity index (χ3v) is 5.13. The van der Waals surface area contributed by atoms with Gasteiger partial charge in [-0.25, -0.2) is 13.2 Å². The number of primary amides is 1. The SMILES string of the molecule is NC(=O)N1CCOCC1CCS(=O)(=O)Cc1ccccc1. The topological polar surface area (TPSA) is 89.7 Å². The predicted octanol–water partition coefficient (Wildman–Crippen LogP) is 0.771. The summed E-state index contributed by atoms with van der Waals surface area (Å²) in [5.41, 5.74) is 6.07. The molecule has 7 heteroatoms. The number of carbonyl (C=O) groups is 1. The quantitative estimate of drug-likeness (QED) is 0.869. The molecule has 1 atom stereocenters. The van der Waals surface area contributed by atoms with Gasteiger partial charge in [-0.3, -0.25) is 0 Å². The fourth-order valence-electron chi connectivity index (χ4n) is 2.40. The molecule has 1 aliphatic rings. The maximum atomic E-state index is 12.1. The van der Waals surface area contributed by atoms with Gasteiger partial charge in [-0.1, -0.05) is 30.3 Å². The Bertz CT molecular complexity index is 574. The van der Waals surface area contributed by atoms with Crippen molar-refractivity contribution in [3.8, 4) is 0 Å². The molecular weight excluding hydrogens is 292 g/mol. The highest BCUT2D eigenvalue weighted by Crippen LogP contribution is 2.14. The summed E-state index contributed by atoms with van der Waals surface area (Å²) < 4.78 is 29.6. The van der Waals surface area contributed by atoms with Crippen LogP contribution in [0.4, 0.5) is 4.79 Å². The van der Waals surface area contributed by atoms with Gasteiger partial charge in [0, 0.05) is 6.54 Å². The van der Waals surface area contributed by atoms with Crippen LogP contribution in [0.2, 0.25) is 0 Å². The summed E-state index contributed by atoms with van der Waals surface area (Å²) in [6.07, 6.45) is 0.345. The van der Waals surface area contributed by atoms with Crippen molar-refractivity contribution in [3.63, 3.8) is 0 Å². The Balaban J connectivity index is 1.93. The number of hydrogen-bond donors (Lipinski definition) is 1.